The summed E-state index contributed by atoms with van der Waals surface area (Å²) < 4.78 is 0.964. The van der Waals surface area contributed by atoms with Crippen molar-refractivity contribution in [3.8, 4) is 0 Å². The number of benzene rings is 1. The molecule has 3 N–H and O–H groups in total. The second kappa shape index (κ2) is 9.33. The molecule has 1 unspecified atom stereocenters. The molecule has 1 aromatic carbocycles. The van der Waals surface area contributed by atoms with Crippen LogP contribution in [0.1, 0.15) is 40.9 Å². The minimum absolute atomic E-state index is 0. The number of amides is 1. The summed E-state index contributed by atoms with van der Waals surface area (Å²) in [5.41, 5.74) is 7.20. The number of thiazole rings is 1. The lowest BCUT2D eigenvalue weighted by molar-refractivity contribution is -0.126. The van der Waals surface area contributed by atoms with Crippen LogP contribution in [-0.4, -0.2) is 10.9 Å². The summed E-state index contributed by atoms with van der Waals surface area (Å²) >= 11 is 5.10. The lowest BCUT2D eigenvalue weighted by atomic mass is 9.92. The van der Waals surface area contributed by atoms with Gasteiger partial charge in [0, 0.05) is 9.35 Å². The number of hydrogen-bond acceptors (Lipinski definition) is 4. The first-order valence-electron chi connectivity index (χ1n) is 7.77. The summed E-state index contributed by atoms with van der Waals surface area (Å²) in [4.78, 5) is 18.5. The molecule has 138 valence electrons. The summed E-state index contributed by atoms with van der Waals surface area (Å²) in [7, 11) is 0. The number of rotatable bonds is 4. The molecule has 4 nitrogen and oxygen atoms in total. The van der Waals surface area contributed by atoms with Crippen molar-refractivity contribution in [1.29, 1.82) is 0 Å². The highest BCUT2D eigenvalue weighted by Crippen LogP contribution is 2.27. The Hall–Kier alpha value is -0.660. The smallest absolute Gasteiger partial charge is 0.244 e. The average molecular weight is 467 g/mol. The second-order valence-electron chi connectivity index (χ2n) is 6.08. The van der Waals surface area contributed by atoms with Crippen LogP contribution in [0.2, 0.25) is 0 Å². The molecular weight excluding hydrogens is 445 g/mol. The second-order valence-corrected chi connectivity index (χ2v) is 8.16. The van der Waals surface area contributed by atoms with Gasteiger partial charge in [-0.3, -0.25) is 4.79 Å². The van der Waals surface area contributed by atoms with Crippen LogP contribution in [-0.2, 0) is 29.7 Å². The summed E-state index contributed by atoms with van der Waals surface area (Å²) in [6.45, 7) is 2.18. The van der Waals surface area contributed by atoms with Gasteiger partial charge in [-0.05, 0) is 50.3 Å². The molecule has 0 aliphatic heterocycles. The van der Waals surface area contributed by atoms with E-state index in [9.17, 15) is 4.79 Å². The number of halogens is 3. The monoisotopic (exact) mass is 465 g/mol. The summed E-state index contributed by atoms with van der Waals surface area (Å²) in [5.74, 6) is -0.187. The van der Waals surface area contributed by atoms with Gasteiger partial charge < -0.3 is 11.1 Å². The molecule has 0 saturated carbocycles. The first-order valence-corrected chi connectivity index (χ1v) is 9.38. The molecule has 0 bridgehead atoms. The fourth-order valence-electron chi connectivity index (χ4n) is 2.75. The van der Waals surface area contributed by atoms with E-state index in [0.29, 0.717) is 6.54 Å². The fraction of sp³-hybridized carbons (Fsp3) is 0.412. The minimum Gasteiger partial charge on any atom is -0.348 e. The maximum absolute atomic E-state index is 12.5. The van der Waals surface area contributed by atoms with E-state index >= 15 is 0 Å². The van der Waals surface area contributed by atoms with Crippen LogP contribution in [0.3, 0.4) is 0 Å². The van der Waals surface area contributed by atoms with Crippen molar-refractivity contribution in [3.63, 3.8) is 0 Å². The molecule has 0 radical (unpaired) electrons. The van der Waals surface area contributed by atoms with E-state index in [2.05, 4.69) is 26.2 Å². The van der Waals surface area contributed by atoms with Gasteiger partial charge in [0.1, 0.15) is 10.5 Å². The predicted molar refractivity (Wildman–Crippen MR) is 111 cm³/mol. The Labute approximate surface area is 172 Å². The average Bonchev–Trinajstić information content (AvgIpc) is 2.95. The molecule has 1 amide bonds. The summed E-state index contributed by atoms with van der Waals surface area (Å²) in [6.07, 6.45) is 4.64. The first-order chi connectivity index (χ1) is 11.0. The third-order valence-corrected chi connectivity index (χ3v) is 5.89. The third kappa shape index (κ3) is 5.17. The quantitative estimate of drug-likeness (QED) is 0.711. The highest BCUT2D eigenvalue weighted by Gasteiger charge is 2.30. The van der Waals surface area contributed by atoms with Gasteiger partial charge in [0.05, 0.1) is 12.2 Å². The molecule has 25 heavy (non-hydrogen) atoms. The van der Waals surface area contributed by atoms with E-state index < -0.39 is 5.54 Å². The zero-order chi connectivity index (χ0) is 16.4. The molecule has 0 spiro atoms. The molecule has 0 saturated heterocycles. The Balaban J connectivity index is 0.00000156. The van der Waals surface area contributed by atoms with Crippen LogP contribution < -0.4 is 11.1 Å². The standard InChI is InChI=1S/C17H20BrN3OS.2ClH/c1-17(19,11-6-8-12(18)9-7-11)16(22)20-10-15-21-13-4-2-3-5-14(13)23-15;;/h6-9H,2-5,10,19H2,1H3,(H,20,22);2*1H. The van der Waals surface area contributed by atoms with Crippen LogP contribution in [0.15, 0.2) is 28.7 Å². The zero-order valence-electron chi connectivity index (χ0n) is 13.9. The van der Waals surface area contributed by atoms with E-state index in [4.69, 9.17) is 5.73 Å². The molecule has 1 heterocycles. The lowest BCUT2D eigenvalue weighted by Gasteiger charge is -2.24. The summed E-state index contributed by atoms with van der Waals surface area (Å²) in [6, 6.07) is 7.52. The SMILES string of the molecule is CC(N)(C(=O)NCc1nc2c(s1)CCCC2)c1ccc(Br)cc1.Cl.Cl. The molecule has 2 aromatic rings. The Bertz CT molecular complexity index is 696. The Morgan fingerprint density at radius 3 is 2.56 bits per heavy atom. The van der Waals surface area contributed by atoms with E-state index in [1.54, 1.807) is 18.3 Å². The number of carbonyl (C=O) groups excluding carboxylic acids is 1. The van der Waals surface area contributed by atoms with Crippen LogP contribution in [0, 0.1) is 0 Å². The number of nitrogens with zero attached hydrogens (tertiary/aromatic N) is 1. The van der Waals surface area contributed by atoms with E-state index in [-0.39, 0.29) is 30.7 Å². The molecule has 3 rings (SSSR count). The topological polar surface area (TPSA) is 68.0 Å². The number of aryl methyl sites for hydroxylation is 2. The fourth-order valence-corrected chi connectivity index (χ4v) is 4.11. The number of nitrogens with two attached hydrogens (primary N) is 1. The van der Waals surface area contributed by atoms with Gasteiger partial charge in [-0.1, -0.05) is 28.1 Å². The van der Waals surface area contributed by atoms with Crippen molar-refractivity contribution in [3.05, 3.63) is 49.9 Å². The van der Waals surface area contributed by atoms with Gasteiger partial charge in [-0.2, -0.15) is 0 Å². The predicted octanol–water partition coefficient (Wildman–Crippen LogP) is 4.12. The Kier molecular flexibility index (Phi) is 8.35. The highest BCUT2D eigenvalue weighted by atomic mass is 79.9. The van der Waals surface area contributed by atoms with Crippen LogP contribution in [0.25, 0.3) is 0 Å². The lowest BCUT2D eigenvalue weighted by Crippen LogP contribution is -2.48. The third-order valence-electron chi connectivity index (χ3n) is 4.21. The van der Waals surface area contributed by atoms with E-state index in [1.807, 2.05) is 24.3 Å². The maximum Gasteiger partial charge on any atom is 0.244 e. The van der Waals surface area contributed by atoms with Crippen LogP contribution >= 0.6 is 52.1 Å². The van der Waals surface area contributed by atoms with Gasteiger partial charge in [-0.15, -0.1) is 36.2 Å². The minimum atomic E-state index is -1.06. The van der Waals surface area contributed by atoms with Crippen molar-refractivity contribution in [1.82, 2.24) is 10.3 Å². The number of carbonyl (C=O) groups is 1. The number of fused-ring (bicyclic) bond motifs is 1. The van der Waals surface area contributed by atoms with Crippen LogP contribution in [0.5, 0.6) is 0 Å². The van der Waals surface area contributed by atoms with Crippen molar-refractivity contribution in [2.24, 2.45) is 5.73 Å². The van der Waals surface area contributed by atoms with Gasteiger partial charge in [0.15, 0.2) is 0 Å². The van der Waals surface area contributed by atoms with Gasteiger partial charge in [0.2, 0.25) is 5.91 Å². The molecule has 0 fully saturated rings. The Morgan fingerprint density at radius 2 is 1.92 bits per heavy atom. The number of nitrogens with one attached hydrogen (secondary N) is 1. The molecule has 1 aliphatic carbocycles. The van der Waals surface area contributed by atoms with Crippen LogP contribution in [0.4, 0.5) is 0 Å². The maximum atomic E-state index is 12.5. The van der Waals surface area contributed by atoms with Crippen molar-refractivity contribution in [2.75, 3.05) is 0 Å². The summed E-state index contributed by atoms with van der Waals surface area (Å²) in [5, 5.41) is 3.90. The normalized spacial score (nSPS) is 15.2. The molecule has 8 heteroatoms. The number of aromatic nitrogens is 1. The number of hydrogen-bond donors (Lipinski definition) is 2. The first kappa shape index (κ1) is 22.4. The molecular formula is C17H22BrCl2N3OS. The molecule has 1 aliphatic rings. The van der Waals surface area contributed by atoms with Gasteiger partial charge in [0.25, 0.3) is 0 Å². The molecule has 1 aromatic heterocycles. The zero-order valence-corrected chi connectivity index (χ0v) is 17.9. The van der Waals surface area contributed by atoms with Gasteiger partial charge in [-0.25, -0.2) is 4.98 Å². The van der Waals surface area contributed by atoms with E-state index in [0.717, 1.165) is 27.9 Å². The van der Waals surface area contributed by atoms with Gasteiger partial charge >= 0.3 is 0 Å². The molecule has 1 atom stereocenters. The van der Waals surface area contributed by atoms with Crippen molar-refractivity contribution in [2.45, 2.75) is 44.7 Å². The van der Waals surface area contributed by atoms with Crippen molar-refractivity contribution < 1.29 is 4.79 Å². The largest absolute Gasteiger partial charge is 0.348 e. The van der Waals surface area contributed by atoms with Crippen molar-refractivity contribution >= 4 is 58.0 Å². The van der Waals surface area contributed by atoms with E-state index in [1.165, 1.54) is 23.4 Å². The highest BCUT2D eigenvalue weighted by molar-refractivity contribution is 9.10. The Morgan fingerprint density at radius 1 is 1.28 bits per heavy atom.